The van der Waals surface area contributed by atoms with Crippen molar-refractivity contribution < 1.29 is 0 Å². The fraction of sp³-hybridized carbons (Fsp3) is 1.00. The van der Waals surface area contributed by atoms with Gasteiger partial charge in [0.2, 0.25) is 0 Å². The van der Waals surface area contributed by atoms with Gasteiger partial charge < -0.3 is 10.4 Å². The summed E-state index contributed by atoms with van der Waals surface area (Å²) in [5.74, 6) is 0.698. The van der Waals surface area contributed by atoms with Crippen LogP contribution in [0.4, 0.5) is 0 Å². The van der Waals surface area contributed by atoms with E-state index >= 15 is 0 Å². The van der Waals surface area contributed by atoms with Gasteiger partial charge in [0.05, 0.1) is 0 Å². The maximum Gasteiger partial charge on any atom is 0.00923 e. The van der Waals surface area contributed by atoms with E-state index in [0.29, 0.717) is 12.5 Å². The Bertz CT molecular complexity index is 137. The predicted octanol–water partition coefficient (Wildman–Crippen LogP) is 3.06. The maximum atomic E-state index is 11.3. The van der Waals surface area contributed by atoms with Gasteiger partial charge in [-0.05, 0) is 25.3 Å². The van der Waals surface area contributed by atoms with Crippen LogP contribution < -0.4 is 5.43 Å². The first-order valence-electron chi connectivity index (χ1n) is 6.47. The molecular formula is C12H25N2O-. The van der Waals surface area contributed by atoms with Crippen molar-refractivity contribution in [2.24, 2.45) is 5.92 Å². The number of nitrogens with one attached hydrogen (secondary N) is 1. The van der Waals surface area contributed by atoms with E-state index in [4.69, 9.17) is 0 Å². The average molecular weight is 213 g/mol. The summed E-state index contributed by atoms with van der Waals surface area (Å²) in [4.78, 5) is 0. The Labute approximate surface area is 93.8 Å². The first-order valence-corrected chi connectivity index (χ1v) is 6.47. The van der Waals surface area contributed by atoms with Gasteiger partial charge in [-0.3, -0.25) is 5.43 Å². The summed E-state index contributed by atoms with van der Waals surface area (Å²) in [6.07, 6.45) is 10.1. The van der Waals surface area contributed by atoms with E-state index < -0.39 is 0 Å². The number of hydroxylamine groups is 1. The topological polar surface area (TPSA) is 38.3 Å². The van der Waals surface area contributed by atoms with Gasteiger partial charge in [-0.1, -0.05) is 45.4 Å². The number of hydrazine groups is 1. The highest BCUT2D eigenvalue weighted by molar-refractivity contribution is 4.60. The molecular weight excluding hydrogens is 188 g/mol. The minimum Gasteiger partial charge on any atom is -0.772 e. The second kappa shape index (κ2) is 8.08. The van der Waals surface area contributed by atoms with E-state index in [-0.39, 0.29) is 0 Å². The molecule has 1 aliphatic heterocycles. The van der Waals surface area contributed by atoms with Crippen LogP contribution in [-0.2, 0) is 0 Å². The van der Waals surface area contributed by atoms with Crippen molar-refractivity contribution in [3.63, 3.8) is 0 Å². The Kier molecular flexibility index (Phi) is 6.98. The molecule has 15 heavy (non-hydrogen) atoms. The highest BCUT2D eigenvalue weighted by Crippen LogP contribution is 2.15. The molecule has 0 aromatic heterocycles. The quantitative estimate of drug-likeness (QED) is 0.672. The van der Waals surface area contributed by atoms with Crippen LogP contribution in [0, 0.1) is 11.1 Å². The molecule has 1 unspecified atom stereocenters. The zero-order chi connectivity index (χ0) is 10.9. The van der Waals surface area contributed by atoms with Crippen molar-refractivity contribution in [3.05, 3.63) is 5.21 Å². The molecule has 0 aromatic carbocycles. The van der Waals surface area contributed by atoms with Gasteiger partial charge in [-0.25, -0.2) is 0 Å². The molecule has 0 aromatic rings. The lowest BCUT2D eigenvalue weighted by Gasteiger charge is -2.29. The molecule has 1 N–H and O–H groups in total. The summed E-state index contributed by atoms with van der Waals surface area (Å²) < 4.78 is 0. The zero-order valence-corrected chi connectivity index (χ0v) is 10.0. The van der Waals surface area contributed by atoms with Gasteiger partial charge in [0.15, 0.2) is 0 Å². The minimum atomic E-state index is 0.640. The molecule has 1 saturated heterocycles. The number of hydrogen-bond donors (Lipinski definition) is 1. The molecule has 1 aliphatic rings. The fourth-order valence-electron chi connectivity index (χ4n) is 2.09. The maximum absolute atomic E-state index is 11.3. The van der Waals surface area contributed by atoms with E-state index in [1.165, 1.54) is 38.5 Å². The Morgan fingerprint density at radius 2 is 1.67 bits per heavy atom. The van der Waals surface area contributed by atoms with Crippen molar-refractivity contribution in [1.29, 1.82) is 0 Å². The highest BCUT2D eigenvalue weighted by atomic mass is 16.5. The first kappa shape index (κ1) is 12.9. The second-order valence-electron chi connectivity index (χ2n) is 4.81. The van der Waals surface area contributed by atoms with Gasteiger partial charge in [-0.15, -0.1) is 0 Å². The molecule has 1 atom stereocenters. The van der Waals surface area contributed by atoms with Gasteiger partial charge >= 0.3 is 0 Å². The van der Waals surface area contributed by atoms with Crippen LogP contribution >= 0.6 is 0 Å². The number of rotatable bonds is 0. The molecule has 1 heterocycles. The second-order valence-corrected chi connectivity index (χ2v) is 4.81. The third-order valence-corrected chi connectivity index (χ3v) is 3.24. The molecule has 0 saturated carbocycles. The lowest BCUT2D eigenvalue weighted by Crippen LogP contribution is -2.34. The Balaban J connectivity index is 2.22. The summed E-state index contributed by atoms with van der Waals surface area (Å²) in [5.41, 5.74) is 2.92. The van der Waals surface area contributed by atoms with Gasteiger partial charge in [0.25, 0.3) is 0 Å². The number of hydrogen-bond acceptors (Lipinski definition) is 3. The molecule has 3 heteroatoms. The van der Waals surface area contributed by atoms with Crippen molar-refractivity contribution in [3.8, 4) is 0 Å². The van der Waals surface area contributed by atoms with Crippen LogP contribution in [0.15, 0.2) is 0 Å². The molecule has 1 rings (SSSR count). The predicted molar refractivity (Wildman–Crippen MR) is 64.2 cm³/mol. The summed E-state index contributed by atoms with van der Waals surface area (Å²) >= 11 is 0. The first-order chi connectivity index (χ1) is 7.29. The van der Waals surface area contributed by atoms with Crippen LogP contribution in [0.5, 0.6) is 0 Å². The molecule has 0 spiro atoms. The Morgan fingerprint density at radius 3 is 2.47 bits per heavy atom. The smallest absolute Gasteiger partial charge is 0.00923 e. The molecule has 3 nitrogen and oxygen atoms in total. The minimum absolute atomic E-state index is 0.640. The molecule has 0 radical (unpaired) electrons. The zero-order valence-electron chi connectivity index (χ0n) is 10.0. The molecule has 90 valence electrons. The summed E-state index contributed by atoms with van der Waals surface area (Å²) in [6.45, 7) is 3.74. The molecule has 0 bridgehead atoms. The monoisotopic (exact) mass is 213 g/mol. The largest absolute Gasteiger partial charge is 0.772 e. The Morgan fingerprint density at radius 1 is 1.00 bits per heavy atom. The van der Waals surface area contributed by atoms with Crippen LogP contribution in [0.25, 0.3) is 0 Å². The van der Waals surface area contributed by atoms with E-state index in [9.17, 15) is 5.21 Å². The van der Waals surface area contributed by atoms with E-state index in [0.717, 1.165) is 24.6 Å². The van der Waals surface area contributed by atoms with Crippen molar-refractivity contribution >= 4 is 0 Å². The summed E-state index contributed by atoms with van der Waals surface area (Å²) in [7, 11) is 0. The van der Waals surface area contributed by atoms with Gasteiger partial charge in [0.1, 0.15) is 0 Å². The third kappa shape index (κ3) is 6.88. The summed E-state index contributed by atoms with van der Waals surface area (Å²) in [5, 5.41) is 12.4. The van der Waals surface area contributed by atoms with Crippen molar-refractivity contribution in [1.82, 2.24) is 10.6 Å². The van der Waals surface area contributed by atoms with E-state index in [1.807, 2.05) is 0 Å². The van der Waals surface area contributed by atoms with Crippen molar-refractivity contribution in [2.45, 2.75) is 58.3 Å². The standard InChI is InChI=1S/C12H25N2O/c1-12-8-6-4-2-3-5-7-10-13-14(15)11-9-12/h12-13H,2-11H2,1H3/q-1. The van der Waals surface area contributed by atoms with Crippen molar-refractivity contribution in [2.75, 3.05) is 13.1 Å². The number of nitrogens with zero attached hydrogens (tertiary/aromatic N) is 1. The average Bonchev–Trinajstić information content (AvgIpc) is 2.24. The SMILES string of the molecule is CC1CCCCCCCCNN([O-])CC1. The fourth-order valence-corrected chi connectivity index (χ4v) is 2.09. The lowest BCUT2D eigenvalue weighted by molar-refractivity contribution is 0.248. The van der Waals surface area contributed by atoms with Crippen LogP contribution in [-0.4, -0.2) is 18.3 Å². The molecule has 1 fully saturated rings. The summed E-state index contributed by atoms with van der Waals surface area (Å²) in [6, 6.07) is 0. The third-order valence-electron chi connectivity index (χ3n) is 3.24. The van der Waals surface area contributed by atoms with Crippen LogP contribution in [0.2, 0.25) is 0 Å². The van der Waals surface area contributed by atoms with Crippen LogP contribution in [0.3, 0.4) is 0 Å². The van der Waals surface area contributed by atoms with Crippen LogP contribution in [0.1, 0.15) is 58.3 Å². The Hall–Kier alpha value is -0.120. The van der Waals surface area contributed by atoms with Gasteiger partial charge in [-0.2, -0.15) is 0 Å². The van der Waals surface area contributed by atoms with Gasteiger partial charge in [0, 0.05) is 6.54 Å². The normalized spacial score (nSPS) is 28.8. The highest BCUT2D eigenvalue weighted by Gasteiger charge is 2.03. The molecule has 0 aliphatic carbocycles. The lowest BCUT2D eigenvalue weighted by atomic mass is 9.99. The van der Waals surface area contributed by atoms with E-state index in [2.05, 4.69) is 12.3 Å². The molecule has 0 amide bonds. The van der Waals surface area contributed by atoms with E-state index in [1.54, 1.807) is 0 Å².